The highest BCUT2D eigenvalue weighted by Gasteiger charge is 2.18. The van der Waals surface area contributed by atoms with Crippen molar-refractivity contribution in [2.75, 3.05) is 18.9 Å². The summed E-state index contributed by atoms with van der Waals surface area (Å²) in [6.45, 7) is 2.40. The van der Waals surface area contributed by atoms with Crippen molar-refractivity contribution in [1.29, 1.82) is 0 Å². The molecule has 118 valence electrons. The minimum absolute atomic E-state index is 0.0216. The number of anilines is 1. The van der Waals surface area contributed by atoms with E-state index in [2.05, 4.69) is 23.3 Å². The van der Waals surface area contributed by atoms with Gasteiger partial charge in [0.2, 0.25) is 5.91 Å². The fraction of sp³-hybridized carbons (Fsp3) is 0.222. The fourth-order valence-corrected chi connectivity index (χ4v) is 3.43. The third-order valence-corrected chi connectivity index (χ3v) is 4.99. The molecule has 4 nitrogen and oxygen atoms in total. The van der Waals surface area contributed by atoms with Crippen LogP contribution in [0, 0.1) is 0 Å². The van der Waals surface area contributed by atoms with Crippen LogP contribution in [0.15, 0.2) is 54.6 Å². The molecule has 1 N–H and O–H groups in total. The van der Waals surface area contributed by atoms with Gasteiger partial charge < -0.3 is 5.32 Å². The maximum Gasteiger partial charge on any atom is 0.238 e. The van der Waals surface area contributed by atoms with Crippen molar-refractivity contribution < 1.29 is 4.79 Å². The van der Waals surface area contributed by atoms with Crippen LogP contribution >= 0.6 is 11.3 Å². The molecule has 23 heavy (non-hydrogen) atoms. The molecule has 0 fully saturated rings. The summed E-state index contributed by atoms with van der Waals surface area (Å²) < 4.78 is 1.18. The number of fused-ring (bicyclic) bond motifs is 1. The number of benzene rings is 2. The molecule has 3 aromatic rings. The standard InChI is InChI=1S/C18H19N3OS/c1-13(18-20-15-10-6-7-11-16(15)23-18)21(2)12-17(22)19-14-8-4-3-5-9-14/h3-11,13H,12H2,1-2H3,(H,19,22). The summed E-state index contributed by atoms with van der Waals surface area (Å²) in [5, 5.41) is 3.94. The number of thiazole rings is 1. The Kier molecular flexibility index (Phi) is 4.69. The topological polar surface area (TPSA) is 45.2 Å². The van der Waals surface area contributed by atoms with E-state index < -0.39 is 0 Å². The average molecular weight is 325 g/mol. The molecule has 0 bridgehead atoms. The van der Waals surface area contributed by atoms with E-state index in [1.807, 2.05) is 60.5 Å². The van der Waals surface area contributed by atoms with Gasteiger partial charge in [-0.05, 0) is 38.2 Å². The Morgan fingerprint density at radius 1 is 1.17 bits per heavy atom. The first kappa shape index (κ1) is 15.6. The lowest BCUT2D eigenvalue weighted by molar-refractivity contribution is -0.117. The molecule has 0 aliphatic heterocycles. The predicted molar refractivity (Wildman–Crippen MR) is 95.7 cm³/mol. The number of likely N-dealkylation sites (N-methyl/N-ethyl adjacent to an activating group) is 1. The highest BCUT2D eigenvalue weighted by molar-refractivity contribution is 7.18. The highest BCUT2D eigenvalue weighted by Crippen LogP contribution is 2.28. The van der Waals surface area contributed by atoms with Crippen LogP contribution in [0.1, 0.15) is 18.0 Å². The van der Waals surface area contributed by atoms with Crippen molar-refractivity contribution in [2.24, 2.45) is 0 Å². The molecule has 1 heterocycles. The molecular formula is C18H19N3OS. The van der Waals surface area contributed by atoms with E-state index in [4.69, 9.17) is 0 Å². The van der Waals surface area contributed by atoms with Gasteiger partial charge in [-0.25, -0.2) is 4.98 Å². The van der Waals surface area contributed by atoms with E-state index in [-0.39, 0.29) is 11.9 Å². The summed E-state index contributed by atoms with van der Waals surface area (Å²) in [6.07, 6.45) is 0. The Morgan fingerprint density at radius 3 is 2.61 bits per heavy atom. The molecule has 3 rings (SSSR count). The van der Waals surface area contributed by atoms with E-state index in [0.29, 0.717) is 6.54 Å². The van der Waals surface area contributed by atoms with Gasteiger partial charge in [-0.1, -0.05) is 30.3 Å². The van der Waals surface area contributed by atoms with Gasteiger partial charge in [-0.15, -0.1) is 11.3 Å². The minimum Gasteiger partial charge on any atom is -0.325 e. The zero-order chi connectivity index (χ0) is 16.2. The van der Waals surface area contributed by atoms with Crippen LogP contribution in [-0.4, -0.2) is 29.4 Å². The number of hydrogen-bond acceptors (Lipinski definition) is 4. The monoisotopic (exact) mass is 325 g/mol. The Balaban J connectivity index is 1.65. The number of carbonyl (C=O) groups excluding carboxylic acids is 1. The fourth-order valence-electron chi connectivity index (χ4n) is 2.34. The third kappa shape index (κ3) is 3.75. The normalized spacial score (nSPS) is 12.5. The van der Waals surface area contributed by atoms with Crippen molar-refractivity contribution in [1.82, 2.24) is 9.88 Å². The average Bonchev–Trinajstić information content (AvgIpc) is 2.98. The second-order valence-corrected chi connectivity index (χ2v) is 6.59. The number of nitrogens with zero attached hydrogens (tertiary/aromatic N) is 2. The quantitative estimate of drug-likeness (QED) is 0.773. The molecule has 0 saturated heterocycles. The van der Waals surface area contributed by atoms with E-state index in [9.17, 15) is 4.79 Å². The zero-order valence-corrected chi connectivity index (χ0v) is 14.0. The molecule has 0 spiro atoms. The van der Waals surface area contributed by atoms with E-state index >= 15 is 0 Å². The van der Waals surface area contributed by atoms with Gasteiger partial charge >= 0.3 is 0 Å². The van der Waals surface area contributed by atoms with Crippen molar-refractivity contribution in [3.63, 3.8) is 0 Å². The second kappa shape index (κ2) is 6.89. The third-order valence-electron chi connectivity index (χ3n) is 3.78. The summed E-state index contributed by atoms with van der Waals surface area (Å²) >= 11 is 1.68. The second-order valence-electron chi connectivity index (χ2n) is 5.53. The molecule has 1 unspecified atom stereocenters. The SMILES string of the molecule is CC(c1nc2ccccc2s1)N(C)CC(=O)Nc1ccccc1. The van der Waals surface area contributed by atoms with Crippen molar-refractivity contribution in [2.45, 2.75) is 13.0 Å². The van der Waals surface area contributed by atoms with Gasteiger partial charge in [0, 0.05) is 5.69 Å². The van der Waals surface area contributed by atoms with Crippen LogP contribution in [0.25, 0.3) is 10.2 Å². The first-order valence-corrected chi connectivity index (χ1v) is 8.36. The summed E-state index contributed by atoms with van der Waals surface area (Å²) in [5.74, 6) is -0.0216. The minimum atomic E-state index is -0.0216. The number of carbonyl (C=O) groups is 1. The zero-order valence-electron chi connectivity index (χ0n) is 13.2. The Labute approximate surface area is 139 Å². The Morgan fingerprint density at radius 2 is 1.87 bits per heavy atom. The highest BCUT2D eigenvalue weighted by atomic mass is 32.1. The smallest absolute Gasteiger partial charge is 0.238 e. The summed E-state index contributed by atoms with van der Waals surface area (Å²) in [5.41, 5.74) is 1.83. The lowest BCUT2D eigenvalue weighted by Gasteiger charge is -2.22. The maximum absolute atomic E-state index is 12.2. The Bertz CT molecular complexity index is 767. The number of rotatable bonds is 5. The van der Waals surface area contributed by atoms with Gasteiger partial charge in [-0.2, -0.15) is 0 Å². The Hall–Kier alpha value is -2.24. The summed E-state index contributed by atoms with van der Waals surface area (Å²) in [7, 11) is 1.95. The van der Waals surface area contributed by atoms with Crippen LogP contribution in [0.2, 0.25) is 0 Å². The number of aromatic nitrogens is 1. The van der Waals surface area contributed by atoms with Gasteiger partial charge in [0.15, 0.2) is 0 Å². The molecule has 1 amide bonds. The predicted octanol–water partition coefficient (Wildman–Crippen LogP) is 3.93. The van der Waals surface area contributed by atoms with Crippen LogP contribution < -0.4 is 5.32 Å². The van der Waals surface area contributed by atoms with Gasteiger partial charge in [-0.3, -0.25) is 9.69 Å². The van der Waals surface area contributed by atoms with Crippen molar-refractivity contribution in [3.8, 4) is 0 Å². The molecule has 2 aromatic carbocycles. The number of amides is 1. The van der Waals surface area contributed by atoms with E-state index in [0.717, 1.165) is 16.2 Å². The molecule has 5 heteroatoms. The first-order chi connectivity index (χ1) is 11.1. The largest absolute Gasteiger partial charge is 0.325 e. The van der Waals surface area contributed by atoms with Crippen LogP contribution in [0.4, 0.5) is 5.69 Å². The molecule has 0 aliphatic carbocycles. The van der Waals surface area contributed by atoms with Crippen LogP contribution in [-0.2, 0) is 4.79 Å². The van der Waals surface area contributed by atoms with Crippen LogP contribution in [0.3, 0.4) is 0 Å². The molecule has 0 radical (unpaired) electrons. The molecule has 1 aromatic heterocycles. The number of hydrogen-bond donors (Lipinski definition) is 1. The van der Waals surface area contributed by atoms with Crippen molar-refractivity contribution >= 4 is 33.1 Å². The summed E-state index contributed by atoms with van der Waals surface area (Å²) in [6, 6.07) is 17.7. The lowest BCUT2D eigenvalue weighted by atomic mass is 10.3. The van der Waals surface area contributed by atoms with Crippen molar-refractivity contribution in [3.05, 3.63) is 59.6 Å². The van der Waals surface area contributed by atoms with Gasteiger partial charge in [0.1, 0.15) is 5.01 Å². The molecule has 1 atom stereocenters. The van der Waals surface area contributed by atoms with Gasteiger partial charge in [0.05, 0.1) is 22.8 Å². The molecule has 0 saturated carbocycles. The lowest BCUT2D eigenvalue weighted by Crippen LogP contribution is -2.32. The first-order valence-electron chi connectivity index (χ1n) is 7.54. The molecular weight excluding hydrogens is 306 g/mol. The van der Waals surface area contributed by atoms with Gasteiger partial charge in [0.25, 0.3) is 0 Å². The number of para-hydroxylation sites is 2. The maximum atomic E-state index is 12.2. The van der Waals surface area contributed by atoms with E-state index in [1.165, 1.54) is 4.70 Å². The molecule has 0 aliphatic rings. The summed E-state index contributed by atoms with van der Waals surface area (Å²) in [4.78, 5) is 18.8. The van der Waals surface area contributed by atoms with E-state index in [1.54, 1.807) is 11.3 Å². The number of nitrogens with one attached hydrogen (secondary N) is 1. The van der Waals surface area contributed by atoms with Crippen LogP contribution in [0.5, 0.6) is 0 Å².